The van der Waals surface area contributed by atoms with E-state index in [4.69, 9.17) is 4.74 Å². The van der Waals surface area contributed by atoms with Gasteiger partial charge in [0.15, 0.2) is 11.6 Å². The van der Waals surface area contributed by atoms with Gasteiger partial charge in [-0.25, -0.2) is 9.97 Å². The van der Waals surface area contributed by atoms with Crippen LogP contribution in [0.25, 0.3) is 16.7 Å². The molecule has 194 valence electrons. The number of rotatable bonds is 9. The number of nitrogens with one attached hydrogen (secondary N) is 2. The van der Waals surface area contributed by atoms with Gasteiger partial charge in [0.05, 0.1) is 29.8 Å². The fourth-order valence-electron chi connectivity index (χ4n) is 4.47. The number of ether oxygens (including phenoxy) is 1. The van der Waals surface area contributed by atoms with Crippen molar-refractivity contribution in [1.29, 1.82) is 0 Å². The van der Waals surface area contributed by atoms with Gasteiger partial charge < -0.3 is 19.9 Å². The Kier molecular flexibility index (Phi) is 6.69. The summed E-state index contributed by atoms with van der Waals surface area (Å²) in [4.78, 5) is 63.2. The number of amides is 2. The second-order valence-electron chi connectivity index (χ2n) is 8.93. The van der Waals surface area contributed by atoms with Crippen molar-refractivity contribution in [3.05, 3.63) is 66.0 Å². The number of carbonyl (C=O) groups is 4. The number of Topliss-reactive ketones (excluding diaryl/α,β-unsaturated/α-hetero) is 2. The van der Waals surface area contributed by atoms with E-state index in [1.54, 1.807) is 12.1 Å². The standard InChI is InChI=1S/C26H25N7O5/c1-27-25(36)23-30-14-33(31-23)24-21-20(19(38-2)11-29-24)17(10-28-21)22(35)26(37)32-12-15(13-32)8-9-18(34)16-6-4-3-5-7-16/h3-7,10-11,14-15,28H,8-9,12-13H2,1-2H3,(H,27,36). The second-order valence-corrected chi connectivity index (χ2v) is 8.93. The molecule has 1 aromatic carbocycles. The summed E-state index contributed by atoms with van der Waals surface area (Å²) >= 11 is 0. The summed E-state index contributed by atoms with van der Waals surface area (Å²) in [5, 5.41) is 6.96. The molecule has 1 saturated heterocycles. The minimum atomic E-state index is -0.685. The zero-order valence-electron chi connectivity index (χ0n) is 20.8. The minimum Gasteiger partial charge on any atom is -0.494 e. The highest BCUT2D eigenvalue weighted by molar-refractivity contribution is 6.45. The first-order chi connectivity index (χ1) is 18.4. The molecule has 12 heteroatoms. The number of pyridine rings is 1. The fourth-order valence-corrected chi connectivity index (χ4v) is 4.47. The van der Waals surface area contributed by atoms with Crippen LogP contribution in [0.2, 0.25) is 0 Å². The first-order valence-electron chi connectivity index (χ1n) is 12.0. The highest BCUT2D eigenvalue weighted by Crippen LogP contribution is 2.32. The van der Waals surface area contributed by atoms with Gasteiger partial charge in [0, 0.05) is 38.3 Å². The van der Waals surface area contributed by atoms with Gasteiger partial charge in [-0.2, -0.15) is 4.68 Å². The van der Waals surface area contributed by atoms with E-state index in [1.807, 2.05) is 18.2 Å². The van der Waals surface area contributed by atoms with Crippen LogP contribution in [0.3, 0.4) is 0 Å². The lowest BCUT2D eigenvalue weighted by Gasteiger charge is -2.38. The summed E-state index contributed by atoms with van der Waals surface area (Å²) in [5.41, 5.74) is 1.21. The van der Waals surface area contributed by atoms with E-state index in [9.17, 15) is 19.2 Å². The Hall–Kier alpha value is -4.87. The van der Waals surface area contributed by atoms with Gasteiger partial charge in [-0.1, -0.05) is 30.3 Å². The summed E-state index contributed by atoms with van der Waals surface area (Å²) in [6, 6.07) is 9.10. The van der Waals surface area contributed by atoms with Crippen molar-refractivity contribution >= 4 is 34.3 Å². The normalized spacial score (nSPS) is 13.3. The van der Waals surface area contributed by atoms with Crippen molar-refractivity contribution in [3.8, 4) is 11.6 Å². The van der Waals surface area contributed by atoms with E-state index in [1.165, 1.54) is 42.5 Å². The molecule has 1 aliphatic rings. The summed E-state index contributed by atoms with van der Waals surface area (Å²) in [7, 11) is 2.91. The zero-order chi connectivity index (χ0) is 26.8. The van der Waals surface area contributed by atoms with Crippen LogP contribution in [0.15, 0.2) is 49.1 Å². The molecule has 2 amide bonds. The van der Waals surface area contributed by atoms with Crippen LogP contribution in [-0.4, -0.2) is 80.3 Å². The fraction of sp³-hybridized carbons (Fsp3) is 0.269. The molecule has 0 bridgehead atoms. The van der Waals surface area contributed by atoms with E-state index in [0.717, 1.165) is 0 Å². The number of nitrogens with zero attached hydrogens (tertiary/aromatic N) is 5. The molecule has 4 aromatic rings. The van der Waals surface area contributed by atoms with E-state index < -0.39 is 17.6 Å². The van der Waals surface area contributed by atoms with Crippen LogP contribution in [0, 0.1) is 5.92 Å². The molecule has 12 nitrogen and oxygen atoms in total. The Labute approximate surface area is 217 Å². The van der Waals surface area contributed by atoms with Gasteiger partial charge in [-0.05, 0) is 12.3 Å². The average Bonchev–Trinajstić information content (AvgIpc) is 3.59. The number of ketones is 2. The van der Waals surface area contributed by atoms with E-state index in [-0.39, 0.29) is 28.9 Å². The predicted octanol–water partition coefficient (Wildman–Crippen LogP) is 1.82. The predicted molar refractivity (Wildman–Crippen MR) is 135 cm³/mol. The smallest absolute Gasteiger partial charge is 0.295 e. The van der Waals surface area contributed by atoms with Crippen molar-refractivity contribution in [1.82, 2.24) is 34.9 Å². The molecule has 0 radical (unpaired) electrons. The molecular weight excluding hydrogens is 490 g/mol. The number of likely N-dealkylation sites (tertiary alicyclic amines) is 1. The molecule has 4 heterocycles. The minimum absolute atomic E-state index is 0.0471. The van der Waals surface area contributed by atoms with Crippen molar-refractivity contribution in [2.24, 2.45) is 5.92 Å². The highest BCUT2D eigenvalue weighted by Gasteiger charge is 2.36. The van der Waals surface area contributed by atoms with Crippen LogP contribution in [0.4, 0.5) is 0 Å². The first kappa shape index (κ1) is 24.8. The molecule has 2 N–H and O–H groups in total. The number of carbonyl (C=O) groups excluding carboxylic acids is 4. The number of hydrogen-bond acceptors (Lipinski definition) is 8. The van der Waals surface area contributed by atoms with Crippen LogP contribution >= 0.6 is 0 Å². The molecule has 5 rings (SSSR count). The molecule has 0 atom stereocenters. The Balaban J connectivity index is 1.30. The molecule has 3 aromatic heterocycles. The zero-order valence-corrected chi connectivity index (χ0v) is 20.8. The third-order valence-corrected chi connectivity index (χ3v) is 6.57. The molecule has 38 heavy (non-hydrogen) atoms. The van der Waals surface area contributed by atoms with Gasteiger partial charge in [-0.3, -0.25) is 19.2 Å². The van der Waals surface area contributed by atoms with E-state index in [2.05, 4.69) is 25.4 Å². The Morgan fingerprint density at radius 1 is 1.13 bits per heavy atom. The highest BCUT2D eigenvalue weighted by atomic mass is 16.5. The molecule has 0 aliphatic carbocycles. The largest absolute Gasteiger partial charge is 0.494 e. The summed E-state index contributed by atoms with van der Waals surface area (Å²) < 4.78 is 6.72. The second kappa shape index (κ2) is 10.2. The first-order valence-corrected chi connectivity index (χ1v) is 12.0. The number of H-pyrrole nitrogens is 1. The lowest BCUT2D eigenvalue weighted by atomic mass is 9.91. The van der Waals surface area contributed by atoms with Crippen molar-refractivity contribution in [3.63, 3.8) is 0 Å². The number of aromatic nitrogens is 5. The number of hydrogen-bond donors (Lipinski definition) is 2. The Morgan fingerprint density at radius 2 is 1.89 bits per heavy atom. The topological polar surface area (TPSA) is 152 Å². The van der Waals surface area contributed by atoms with Gasteiger partial charge in [0.25, 0.3) is 17.6 Å². The van der Waals surface area contributed by atoms with Gasteiger partial charge in [0.2, 0.25) is 5.82 Å². The van der Waals surface area contributed by atoms with Crippen LogP contribution in [0.5, 0.6) is 5.75 Å². The molecule has 0 spiro atoms. The summed E-state index contributed by atoms with van der Waals surface area (Å²) in [5.74, 6) is -1.01. The lowest BCUT2D eigenvalue weighted by Crippen LogP contribution is -2.52. The van der Waals surface area contributed by atoms with Crippen molar-refractivity contribution in [2.75, 3.05) is 27.2 Å². The SMILES string of the molecule is CNC(=O)c1ncn(-c2ncc(OC)c3c(C(=O)C(=O)N4CC(CCC(=O)c5ccccc5)C4)c[nH]c23)n1. The van der Waals surface area contributed by atoms with Crippen LogP contribution in [0.1, 0.15) is 44.2 Å². The maximum atomic E-state index is 13.2. The summed E-state index contributed by atoms with van der Waals surface area (Å²) in [6.07, 6.45) is 5.22. The Morgan fingerprint density at radius 3 is 2.61 bits per heavy atom. The van der Waals surface area contributed by atoms with Gasteiger partial charge in [0.1, 0.15) is 12.1 Å². The molecule has 1 fully saturated rings. The maximum Gasteiger partial charge on any atom is 0.295 e. The van der Waals surface area contributed by atoms with E-state index in [0.29, 0.717) is 48.1 Å². The third-order valence-electron chi connectivity index (χ3n) is 6.57. The number of methoxy groups -OCH3 is 1. The number of aromatic amines is 1. The number of benzene rings is 1. The third kappa shape index (κ3) is 4.51. The number of fused-ring (bicyclic) bond motifs is 1. The molecule has 1 aliphatic heterocycles. The van der Waals surface area contributed by atoms with E-state index >= 15 is 0 Å². The van der Waals surface area contributed by atoms with Gasteiger partial charge in [-0.15, -0.1) is 5.10 Å². The molecule has 0 saturated carbocycles. The summed E-state index contributed by atoms with van der Waals surface area (Å²) in [6.45, 7) is 0.834. The van der Waals surface area contributed by atoms with Crippen LogP contribution < -0.4 is 10.1 Å². The van der Waals surface area contributed by atoms with Crippen molar-refractivity contribution < 1.29 is 23.9 Å². The molecular formula is C26H25N7O5. The quantitative estimate of drug-likeness (QED) is 0.253. The Bertz CT molecular complexity index is 1540. The monoisotopic (exact) mass is 515 g/mol. The maximum absolute atomic E-state index is 13.2. The lowest BCUT2D eigenvalue weighted by molar-refractivity contribution is -0.132. The van der Waals surface area contributed by atoms with Gasteiger partial charge >= 0.3 is 0 Å². The van der Waals surface area contributed by atoms with Crippen LogP contribution in [-0.2, 0) is 4.79 Å². The molecule has 0 unspecified atom stereocenters. The van der Waals surface area contributed by atoms with Crippen molar-refractivity contribution in [2.45, 2.75) is 12.8 Å². The average molecular weight is 516 g/mol.